The highest BCUT2D eigenvalue weighted by molar-refractivity contribution is 7.98. The lowest BCUT2D eigenvalue weighted by Crippen LogP contribution is -2.23. The van der Waals surface area contributed by atoms with Crippen LogP contribution in [0.1, 0.15) is 0 Å². The molecule has 1 aromatic heterocycles. The van der Waals surface area contributed by atoms with Gasteiger partial charge in [0.15, 0.2) is 0 Å². The topological polar surface area (TPSA) is 47.8 Å². The molecule has 17 heavy (non-hydrogen) atoms. The third-order valence-electron chi connectivity index (χ3n) is 1.97. The number of rotatable bonds is 2. The Morgan fingerprint density at radius 3 is 2.41 bits per heavy atom. The quantitative estimate of drug-likeness (QED) is 0.797. The minimum atomic E-state index is -0.463. The van der Waals surface area contributed by atoms with E-state index in [1.54, 1.807) is 18.2 Å². The Labute approximate surface area is 112 Å². The summed E-state index contributed by atoms with van der Waals surface area (Å²) in [6.45, 7) is 0. The van der Waals surface area contributed by atoms with Gasteiger partial charge in [0.05, 0.1) is 11.9 Å². The normalized spacial score (nSPS) is 10.5. The van der Waals surface area contributed by atoms with E-state index < -0.39 is 5.69 Å². The number of aromatic nitrogens is 3. The van der Waals surface area contributed by atoms with Crippen LogP contribution < -0.4 is 5.69 Å². The lowest BCUT2D eigenvalue weighted by atomic mass is 10.3. The molecule has 4 nitrogen and oxygen atoms in total. The van der Waals surface area contributed by atoms with Gasteiger partial charge in [-0.1, -0.05) is 23.2 Å². The van der Waals surface area contributed by atoms with Gasteiger partial charge in [0, 0.05) is 10.0 Å². The van der Waals surface area contributed by atoms with Crippen molar-refractivity contribution in [2.45, 2.75) is 5.03 Å². The van der Waals surface area contributed by atoms with Crippen molar-refractivity contribution in [2.24, 2.45) is 0 Å². The summed E-state index contributed by atoms with van der Waals surface area (Å²) in [4.78, 5) is 15.6. The molecule has 1 aromatic carbocycles. The van der Waals surface area contributed by atoms with E-state index in [4.69, 9.17) is 23.2 Å². The van der Waals surface area contributed by atoms with E-state index in [2.05, 4.69) is 10.1 Å². The minimum Gasteiger partial charge on any atom is -0.244 e. The number of benzene rings is 1. The summed E-state index contributed by atoms with van der Waals surface area (Å²) < 4.78 is 1.15. The lowest BCUT2D eigenvalue weighted by Gasteiger charge is -2.05. The number of hydrogen-bond donors (Lipinski definition) is 0. The van der Waals surface area contributed by atoms with Crippen molar-refractivity contribution >= 4 is 35.0 Å². The van der Waals surface area contributed by atoms with Gasteiger partial charge in [0.25, 0.3) is 0 Å². The smallest absolute Gasteiger partial charge is 0.244 e. The molecule has 0 radical (unpaired) electrons. The largest absolute Gasteiger partial charge is 0.369 e. The molecule has 0 saturated heterocycles. The Balaban J connectivity index is 2.57. The first-order valence-electron chi connectivity index (χ1n) is 4.57. The molecule has 2 rings (SSSR count). The average Bonchev–Trinajstić information content (AvgIpc) is 2.27. The Bertz CT molecular complexity index is 594. The second kappa shape index (κ2) is 5.08. The fraction of sp³-hybridized carbons (Fsp3) is 0.100. The van der Waals surface area contributed by atoms with Crippen molar-refractivity contribution in [3.63, 3.8) is 0 Å². The van der Waals surface area contributed by atoms with Crippen molar-refractivity contribution in [2.75, 3.05) is 6.26 Å². The molecule has 2 aromatic rings. The first kappa shape index (κ1) is 12.4. The number of thioether (sulfide) groups is 1. The molecule has 0 N–H and O–H groups in total. The predicted octanol–water partition coefficient (Wildman–Crippen LogP) is 2.66. The molecule has 0 amide bonds. The van der Waals surface area contributed by atoms with E-state index in [1.807, 2.05) is 6.26 Å². The lowest BCUT2D eigenvalue weighted by molar-refractivity contribution is 0.730. The zero-order chi connectivity index (χ0) is 12.4. The molecule has 0 bridgehead atoms. The molecule has 0 unspecified atom stereocenters. The van der Waals surface area contributed by atoms with E-state index in [0.29, 0.717) is 20.8 Å². The number of halogens is 2. The molecule has 0 aliphatic carbocycles. The SMILES string of the molecule is CSc1cnn(-c2cc(Cl)cc(Cl)c2)c(=O)n1. The van der Waals surface area contributed by atoms with E-state index in [-0.39, 0.29) is 0 Å². The Morgan fingerprint density at radius 1 is 1.24 bits per heavy atom. The van der Waals surface area contributed by atoms with Crippen LogP contribution in [0.25, 0.3) is 5.69 Å². The van der Waals surface area contributed by atoms with Crippen LogP contribution in [-0.2, 0) is 0 Å². The van der Waals surface area contributed by atoms with Crippen LogP contribution in [0.4, 0.5) is 0 Å². The zero-order valence-corrected chi connectivity index (χ0v) is 11.1. The van der Waals surface area contributed by atoms with Gasteiger partial charge < -0.3 is 0 Å². The van der Waals surface area contributed by atoms with Gasteiger partial charge in [-0.2, -0.15) is 14.8 Å². The van der Waals surface area contributed by atoms with Gasteiger partial charge in [-0.05, 0) is 24.5 Å². The van der Waals surface area contributed by atoms with Crippen LogP contribution in [-0.4, -0.2) is 21.0 Å². The van der Waals surface area contributed by atoms with E-state index >= 15 is 0 Å². The van der Waals surface area contributed by atoms with Crippen molar-refractivity contribution < 1.29 is 0 Å². The molecular weight excluding hydrogens is 281 g/mol. The third-order valence-corrected chi connectivity index (χ3v) is 3.02. The van der Waals surface area contributed by atoms with Crippen molar-refractivity contribution in [1.82, 2.24) is 14.8 Å². The summed E-state index contributed by atoms with van der Waals surface area (Å²) in [7, 11) is 0. The van der Waals surface area contributed by atoms with E-state index in [0.717, 1.165) is 4.68 Å². The fourth-order valence-electron chi connectivity index (χ4n) is 1.26. The van der Waals surface area contributed by atoms with Gasteiger partial charge in [-0.3, -0.25) is 0 Å². The first-order chi connectivity index (χ1) is 8.10. The van der Waals surface area contributed by atoms with Crippen LogP contribution in [0.2, 0.25) is 10.0 Å². The molecular formula is C10H7Cl2N3OS. The highest BCUT2D eigenvalue weighted by atomic mass is 35.5. The number of nitrogens with zero attached hydrogens (tertiary/aromatic N) is 3. The highest BCUT2D eigenvalue weighted by Crippen LogP contribution is 2.20. The molecule has 0 aliphatic heterocycles. The second-order valence-electron chi connectivity index (χ2n) is 3.12. The molecule has 0 atom stereocenters. The molecule has 0 aliphatic rings. The Kier molecular flexibility index (Phi) is 3.71. The standard InChI is InChI=1S/C10H7Cl2N3OS/c1-17-9-5-13-15(10(16)14-9)8-3-6(11)2-7(12)4-8/h2-5H,1H3. The molecule has 88 valence electrons. The Morgan fingerprint density at radius 2 is 1.88 bits per heavy atom. The van der Waals surface area contributed by atoms with Crippen molar-refractivity contribution in [3.8, 4) is 5.69 Å². The highest BCUT2D eigenvalue weighted by Gasteiger charge is 2.05. The van der Waals surface area contributed by atoms with E-state index in [9.17, 15) is 4.79 Å². The van der Waals surface area contributed by atoms with Gasteiger partial charge in [0.2, 0.25) is 0 Å². The monoisotopic (exact) mass is 287 g/mol. The third kappa shape index (κ3) is 2.80. The summed E-state index contributed by atoms with van der Waals surface area (Å²) in [6.07, 6.45) is 3.34. The maximum Gasteiger partial charge on any atom is 0.369 e. The van der Waals surface area contributed by atoms with Crippen molar-refractivity contribution in [1.29, 1.82) is 0 Å². The van der Waals surface area contributed by atoms with Crippen LogP contribution >= 0.6 is 35.0 Å². The maximum absolute atomic E-state index is 11.7. The fourth-order valence-corrected chi connectivity index (χ4v) is 2.10. The summed E-state index contributed by atoms with van der Waals surface area (Å²) in [5.41, 5.74) is 0.0304. The summed E-state index contributed by atoms with van der Waals surface area (Å²) in [6, 6.07) is 4.78. The minimum absolute atomic E-state index is 0.440. The van der Waals surface area contributed by atoms with E-state index in [1.165, 1.54) is 18.0 Å². The predicted molar refractivity (Wildman–Crippen MR) is 69.4 cm³/mol. The second-order valence-corrected chi connectivity index (χ2v) is 4.82. The van der Waals surface area contributed by atoms with Gasteiger partial charge in [-0.25, -0.2) is 4.79 Å². The maximum atomic E-state index is 11.7. The van der Waals surface area contributed by atoms with Gasteiger partial charge >= 0.3 is 5.69 Å². The Hall–Kier alpha value is -1.04. The summed E-state index contributed by atoms with van der Waals surface area (Å²) in [5.74, 6) is 0. The van der Waals surface area contributed by atoms with Crippen LogP contribution in [0.3, 0.4) is 0 Å². The van der Waals surface area contributed by atoms with Crippen LogP contribution in [0.15, 0.2) is 34.2 Å². The van der Waals surface area contributed by atoms with Crippen molar-refractivity contribution in [3.05, 3.63) is 44.9 Å². The zero-order valence-electron chi connectivity index (χ0n) is 8.72. The molecule has 0 saturated carbocycles. The molecule has 1 heterocycles. The first-order valence-corrected chi connectivity index (χ1v) is 6.55. The van der Waals surface area contributed by atoms with Crippen LogP contribution in [0.5, 0.6) is 0 Å². The molecule has 0 fully saturated rings. The molecule has 7 heteroatoms. The van der Waals surface area contributed by atoms with Gasteiger partial charge in [0.1, 0.15) is 5.03 Å². The number of hydrogen-bond acceptors (Lipinski definition) is 4. The van der Waals surface area contributed by atoms with Gasteiger partial charge in [-0.15, -0.1) is 11.8 Å². The summed E-state index contributed by atoms with van der Waals surface area (Å²) >= 11 is 13.1. The summed E-state index contributed by atoms with van der Waals surface area (Å²) in [5, 5.41) is 5.45. The van der Waals surface area contributed by atoms with Crippen LogP contribution in [0, 0.1) is 0 Å². The average molecular weight is 288 g/mol. The molecule has 0 spiro atoms.